The third-order valence-electron chi connectivity index (χ3n) is 2.37. The van der Waals surface area contributed by atoms with E-state index in [4.69, 9.17) is 0 Å². The van der Waals surface area contributed by atoms with Crippen LogP contribution in [0.2, 0.25) is 0 Å². The van der Waals surface area contributed by atoms with Crippen molar-refractivity contribution in [3.63, 3.8) is 0 Å². The Hall–Kier alpha value is -0.370. The van der Waals surface area contributed by atoms with Gasteiger partial charge in [-0.1, -0.05) is 0 Å². The average molecular weight is 125 g/mol. The highest BCUT2D eigenvalue weighted by Crippen LogP contribution is 2.40. The summed E-state index contributed by atoms with van der Waals surface area (Å²) in [5.41, 5.74) is 0. The van der Waals surface area contributed by atoms with E-state index >= 15 is 0 Å². The molecule has 0 bridgehead atoms. The van der Waals surface area contributed by atoms with Gasteiger partial charge in [-0.25, -0.2) is 0 Å². The minimum Gasteiger partial charge on any atom is -0.304 e. The van der Waals surface area contributed by atoms with E-state index in [2.05, 4.69) is 5.32 Å². The van der Waals surface area contributed by atoms with E-state index in [-0.39, 0.29) is 6.04 Å². The number of Topliss-reactive ketones (excluding diaryl/α,β-unsaturated/α-hetero) is 1. The minimum atomic E-state index is 0.203. The number of nitrogens with one attached hydrogen (secondary N) is 1. The summed E-state index contributed by atoms with van der Waals surface area (Å²) in [7, 11) is 0. The fraction of sp³-hybridized carbons (Fsp3) is 0.857. The van der Waals surface area contributed by atoms with Crippen molar-refractivity contribution in [3.8, 4) is 0 Å². The quantitative estimate of drug-likeness (QED) is 0.547. The molecule has 0 aromatic heterocycles. The number of piperidine rings is 1. The van der Waals surface area contributed by atoms with Gasteiger partial charge >= 0.3 is 0 Å². The highest BCUT2D eigenvalue weighted by molar-refractivity contribution is 5.82. The fourth-order valence-electron chi connectivity index (χ4n) is 1.62. The molecule has 1 aliphatic carbocycles. The van der Waals surface area contributed by atoms with Gasteiger partial charge in [0.05, 0.1) is 6.04 Å². The second-order valence-electron chi connectivity index (χ2n) is 3.17. The van der Waals surface area contributed by atoms with Crippen LogP contribution in [0, 0.1) is 5.92 Å². The van der Waals surface area contributed by atoms with Gasteiger partial charge in [0.2, 0.25) is 0 Å². The summed E-state index contributed by atoms with van der Waals surface area (Å²) in [4.78, 5) is 10.7. The number of ketones is 1. The van der Waals surface area contributed by atoms with Crippen molar-refractivity contribution in [3.05, 3.63) is 0 Å². The van der Waals surface area contributed by atoms with Crippen molar-refractivity contribution < 1.29 is 4.79 Å². The van der Waals surface area contributed by atoms with Crippen molar-refractivity contribution in [1.82, 2.24) is 5.32 Å². The molecule has 1 aliphatic heterocycles. The molecule has 2 aliphatic rings. The highest BCUT2D eigenvalue weighted by Gasteiger charge is 2.46. The summed E-state index contributed by atoms with van der Waals surface area (Å²) >= 11 is 0. The average Bonchev–Trinajstić information content (AvgIpc) is 2.40. The Kier molecular flexibility index (Phi) is 0.943. The molecular weight excluding hydrogens is 114 g/mol. The van der Waals surface area contributed by atoms with E-state index in [0.29, 0.717) is 11.8 Å². The zero-order chi connectivity index (χ0) is 6.43. The lowest BCUT2D eigenvalue weighted by atomic mass is 10.1. The van der Waals surface area contributed by atoms with Crippen molar-refractivity contribution in [2.24, 2.45) is 5.92 Å². The van der Waals surface area contributed by atoms with Crippen LogP contribution in [0.25, 0.3) is 0 Å². The molecule has 0 unspecified atom stereocenters. The van der Waals surface area contributed by atoms with Crippen LogP contribution in [0.1, 0.15) is 19.8 Å². The molecule has 2 nitrogen and oxygen atoms in total. The first-order chi connectivity index (χ1) is 4.27. The van der Waals surface area contributed by atoms with Crippen LogP contribution in [0.15, 0.2) is 0 Å². The number of carbonyl (C=O) groups is 1. The molecular formula is C7H11NO. The Labute approximate surface area is 54.6 Å². The molecule has 0 spiro atoms. The van der Waals surface area contributed by atoms with Gasteiger partial charge in [-0.15, -0.1) is 0 Å². The van der Waals surface area contributed by atoms with Crippen LogP contribution < -0.4 is 5.32 Å². The number of hydrogen-bond acceptors (Lipinski definition) is 2. The second-order valence-corrected chi connectivity index (χ2v) is 3.17. The van der Waals surface area contributed by atoms with Gasteiger partial charge in [0.1, 0.15) is 5.78 Å². The van der Waals surface area contributed by atoms with Gasteiger partial charge in [-0.2, -0.15) is 0 Å². The molecule has 3 atom stereocenters. The van der Waals surface area contributed by atoms with Crippen molar-refractivity contribution in [2.45, 2.75) is 31.8 Å². The molecule has 0 aromatic rings. The minimum absolute atomic E-state index is 0.203. The third-order valence-corrected chi connectivity index (χ3v) is 2.37. The smallest absolute Gasteiger partial charge is 0.146 e. The Morgan fingerprint density at radius 1 is 1.56 bits per heavy atom. The lowest BCUT2D eigenvalue weighted by Gasteiger charge is -2.06. The normalized spacial score (nSPS) is 46.6. The van der Waals surface area contributed by atoms with Crippen molar-refractivity contribution >= 4 is 5.78 Å². The van der Waals surface area contributed by atoms with E-state index in [1.165, 1.54) is 6.42 Å². The Morgan fingerprint density at radius 3 is 2.67 bits per heavy atom. The number of fused-ring (bicyclic) bond motifs is 1. The standard InChI is InChI=1S/C7H11NO/c1-4(9)6-2-5-3-7(5)8-6/h5-8H,2-3H2,1H3/t5-,6+,7+/m0/s1. The fourth-order valence-corrected chi connectivity index (χ4v) is 1.62. The first kappa shape index (κ1) is 5.42. The predicted molar refractivity (Wildman–Crippen MR) is 34.1 cm³/mol. The first-order valence-electron chi connectivity index (χ1n) is 3.54. The summed E-state index contributed by atoms with van der Waals surface area (Å²) in [6.45, 7) is 1.67. The molecule has 50 valence electrons. The topological polar surface area (TPSA) is 29.1 Å². The molecule has 0 aromatic carbocycles. The van der Waals surface area contributed by atoms with Crippen LogP contribution >= 0.6 is 0 Å². The van der Waals surface area contributed by atoms with Crippen molar-refractivity contribution in [2.75, 3.05) is 0 Å². The van der Waals surface area contributed by atoms with Gasteiger partial charge in [-0.05, 0) is 25.7 Å². The highest BCUT2D eigenvalue weighted by atomic mass is 16.1. The summed E-state index contributed by atoms with van der Waals surface area (Å²) in [5, 5.41) is 3.28. The van der Waals surface area contributed by atoms with E-state index in [1.54, 1.807) is 6.92 Å². The molecule has 1 saturated carbocycles. The van der Waals surface area contributed by atoms with E-state index in [0.717, 1.165) is 12.3 Å². The zero-order valence-corrected chi connectivity index (χ0v) is 5.55. The Bertz CT molecular complexity index is 145. The van der Waals surface area contributed by atoms with Gasteiger partial charge < -0.3 is 5.32 Å². The van der Waals surface area contributed by atoms with E-state index in [1.807, 2.05) is 0 Å². The molecule has 0 amide bonds. The molecule has 2 rings (SSSR count). The molecule has 0 radical (unpaired) electrons. The van der Waals surface area contributed by atoms with Gasteiger partial charge in [0.15, 0.2) is 0 Å². The number of carbonyl (C=O) groups excluding carboxylic acids is 1. The van der Waals surface area contributed by atoms with Crippen LogP contribution in [-0.4, -0.2) is 17.9 Å². The lowest BCUT2D eigenvalue weighted by Crippen LogP contribution is -2.31. The summed E-state index contributed by atoms with van der Waals surface area (Å²) in [5.74, 6) is 1.15. The maximum atomic E-state index is 10.7. The summed E-state index contributed by atoms with van der Waals surface area (Å²) in [6, 6.07) is 0.910. The molecule has 1 heterocycles. The SMILES string of the molecule is CC(=O)[C@H]1C[C@H]2C[C@H]2N1. The van der Waals surface area contributed by atoms with E-state index < -0.39 is 0 Å². The maximum Gasteiger partial charge on any atom is 0.146 e. The summed E-state index contributed by atoms with van der Waals surface area (Å²) < 4.78 is 0. The molecule has 1 N–H and O–H groups in total. The molecule has 2 heteroatoms. The van der Waals surface area contributed by atoms with Crippen LogP contribution in [0.5, 0.6) is 0 Å². The largest absolute Gasteiger partial charge is 0.304 e. The predicted octanol–water partition coefficient (Wildman–Crippen LogP) is 0.326. The first-order valence-corrected chi connectivity index (χ1v) is 3.54. The third kappa shape index (κ3) is 0.778. The lowest BCUT2D eigenvalue weighted by molar-refractivity contribution is -0.118. The van der Waals surface area contributed by atoms with E-state index in [9.17, 15) is 4.79 Å². The maximum absolute atomic E-state index is 10.7. The van der Waals surface area contributed by atoms with Crippen LogP contribution in [0.4, 0.5) is 0 Å². The Balaban J connectivity index is 1.97. The Morgan fingerprint density at radius 2 is 2.33 bits per heavy atom. The van der Waals surface area contributed by atoms with Gasteiger partial charge in [-0.3, -0.25) is 4.79 Å². The van der Waals surface area contributed by atoms with Crippen LogP contribution in [-0.2, 0) is 4.79 Å². The summed E-state index contributed by atoms with van der Waals surface area (Å²) in [6.07, 6.45) is 2.41. The van der Waals surface area contributed by atoms with Crippen LogP contribution in [0.3, 0.4) is 0 Å². The van der Waals surface area contributed by atoms with Gasteiger partial charge in [0.25, 0.3) is 0 Å². The molecule has 1 saturated heterocycles. The van der Waals surface area contributed by atoms with Crippen molar-refractivity contribution in [1.29, 1.82) is 0 Å². The van der Waals surface area contributed by atoms with Gasteiger partial charge in [0, 0.05) is 6.04 Å². The monoisotopic (exact) mass is 125 g/mol. The molecule has 2 fully saturated rings. The zero-order valence-electron chi connectivity index (χ0n) is 5.55. The number of hydrogen-bond donors (Lipinski definition) is 1. The second kappa shape index (κ2) is 1.57. The molecule has 9 heavy (non-hydrogen) atoms. The number of rotatable bonds is 1.